The molecule has 0 atom stereocenters. The lowest BCUT2D eigenvalue weighted by molar-refractivity contribution is 0.0953. The Labute approximate surface area is 147 Å². The van der Waals surface area contributed by atoms with E-state index in [0.29, 0.717) is 13.1 Å². The second-order valence-electron chi connectivity index (χ2n) is 5.60. The molecule has 2 heterocycles. The molecule has 0 saturated heterocycles. The van der Waals surface area contributed by atoms with Crippen LogP contribution in [0.4, 0.5) is 0 Å². The monoisotopic (exact) mass is 344 g/mol. The van der Waals surface area contributed by atoms with Crippen LogP contribution in [0.3, 0.4) is 0 Å². The second kappa shape index (κ2) is 8.73. The molecule has 2 rings (SSSR count). The van der Waals surface area contributed by atoms with Gasteiger partial charge >= 0.3 is 0 Å². The summed E-state index contributed by atoms with van der Waals surface area (Å²) in [5.74, 6) is 1.37. The van der Waals surface area contributed by atoms with Crippen molar-refractivity contribution in [2.24, 2.45) is 0 Å². The van der Waals surface area contributed by atoms with Crippen molar-refractivity contribution >= 4 is 17.7 Å². The molecule has 0 spiro atoms. The largest absolute Gasteiger partial charge is 0.352 e. The summed E-state index contributed by atoms with van der Waals surface area (Å²) in [6, 6.07) is 1.76. The third-order valence-corrected chi connectivity index (χ3v) is 4.88. The van der Waals surface area contributed by atoms with Gasteiger partial charge < -0.3 is 9.88 Å². The lowest BCUT2D eigenvalue weighted by Crippen LogP contribution is -2.34. The number of carbonyl (C=O) groups is 1. The van der Waals surface area contributed by atoms with Crippen molar-refractivity contribution in [1.82, 2.24) is 9.88 Å². The molecular weight excluding hydrogens is 320 g/mol. The Bertz CT molecular complexity index is 744. The minimum atomic E-state index is -0.293. The van der Waals surface area contributed by atoms with E-state index < -0.39 is 0 Å². The molecule has 0 bridgehead atoms. The predicted octanol–water partition coefficient (Wildman–Crippen LogP) is 3.42. The van der Waals surface area contributed by atoms with Crippen LogP contribution in [0.25, 0.3) is 0 Å². The maximum absolute atomic E-state index is 12.7. The van der Waals surface area contributed by atoms with E-state index in [1.165, 1.54) is 0 Å². The molecule has 128 valence electrons. The average molecular weight is 344 g/mol. The van der Waals surface area contributed by atoms with Crippen LogP contribution < -0.4 is 10.9 Å². The summed E-state index contributed by atoms with van der Waals surface area (Å²) < 4.78 is 1.72. The first-order chi connectivity index (χ1) is 11.6. The fourth-order valence-electron chi connectivity index (χ4n) is 2.48. The topological polar surface area (TPSA) is 51.1 Å². The molecule has 1 N–H and O–H groups in total. The quantitative estimate of drug-likeness (QED) is 0.771. The molecular formula is C19H24N2O2S. The number of hydrogen-bond acceptors (Lipinski definition) is 3. The van der Waals surface area contributed by atoms with Gasteiger partial charge in [0.25, 0.3) is 11.5 Å². The fourth-order valence-corrected chi connectivity index (χ4v) is 3.59. The van der Waals surface area contributed by atoms with Gasteiger partial charge in [-0.2, -0.15) is 11.8 Å². The van der Waals surface area contributed by atoms with E-state index in [-0.39, 0.29) is 17.0 Å². The highest BCUT2D eigenvalue weighted by atomic mass is 32.2. The first-order valence-corrected chi connectivity index (χ1v) is 9.36. The number of amides is 1. The number of nitrogens with one attached hydrogen (secondary N) is 1. The smallest absolute Gasteiger partial charge is 0.263 e. The number of carbonyl (C=O) groups excluding carboxylic acids is 1. The number of allylic oxidation sites excluding steroid dienone is 5. The molecule has 0 fully saturated rings. The first kappa shape index (κ1) is 18.3. The van der Waals surface area contributed by atoms with Crippen LogP contribution in [0.1, 0.15) is 41.9 Å². The summed E-state index contributed by atoms with van der Waals surface area (Å²) in [5.41, 5.74) is 3.20. The molecule has 24 heavy (non-hydrogen) atoms. The van der Waals surface area contributed by atoms with E-state index in [4.69, 9.17) is 0 Å². The summed E-state index contributed by atoms with van der Waals surface area (Å²) >= 11 is 1.77. The number of thioether (sulfide) groups is 1. The zero-order valence-corrected chi connectivity index (χ0v) is 15.1. The summed E-state index contributed by atoms with van der Waals surface area (Å²) in [6.07, 6.45) is 8.67. The Morgan fingerprint density at radius 1 is 1.38 bits per heavy atom. The van der Waals surface area contributed by atoms with E-state index in [9.17, 15) is 9.59 Å². The van der Waals surface area contributed by atoms with Crippen molar-refractivity contribution in [3.8, 4) is 0 Å². The van der Waals surface area contributed by atoms with Crippen LogP contribution in [0.15, 0.2) is 47.3 Å². The van der Waals surface area contributed by atoms with Crippen LogP contribution in [0, 0.1) is 0 Å². The van der Waals surface area contributed by atoms with Crippen LogP contribution in [-0.4, -0.2) is 17.0 Å². The van der Waals surface area contributed by atoms with Gasteiger partial charge in [0.05, 0.1) is 0 Å². The minimum absolute atomic E-state index is 0.214. The van der Waals surface area contributed by atoms with Gasteiger partial charge in [-0.1, -0.05) is 43.4 Å². The zero-order valence-electron chi connectivity index (χ0n) is 14.3. The van der Waals surface area contributed by atoms with Crippen LogP contribution in [0.2, 0.25) is 0 Å². The zero-order chi connectivity index (χ0) is 17.5. The Hall–Kier alpha value is -2.01. The number of nitrogens with zero attached hydrogens (tertiary/aromatic N) is 1. The number of pyridine rings is 1. The molecule has 0 aromatic carbocycles. The summed E-state index contributed by atoms with van der Waals surface area (Å²) in [4.78, 5) is 24.8. The van der Waals surface area contributed by atoms with Crippen molar-refractivity contribution in [2.75, 3.05) is 6.54 Å². The Kier molecular flexibility index (Phi) is 6.67. The molecule has 1 aliphatic rings. The van der Waals surface area contributed by atoms with E-state index in [2.05, 4.69) is 18.8 Å². The van der Waals surface area contributed by atoms with E-state index >= 15 is 0 Å². The molecule has 1 aromatic heterocycles. The maximum Gasteiger partial charge on any atom is 0.263 e. The first-order valence-electron chi connectivity index (χ1n) is 8.21. The summed E-state index contributed by atoms with van der Waals surface area (Å²) in [5, 5.41) is 2.72. The lowest BCUT2D eigenvalue weighted by atomic mass is 10.1. The lowest BCUT2D eigenvalue weighted by Gasteiger charge is -2.12. The minimum Gasteiger partial charge on any atom is -0.352 e. The van der Waals surface area contributed by atoms with Gasteiger partial charge in [0.15, 0.2) is 0 Å². The molecule has 1 amide bonds. The highest BCUT2D eigenvalue weighted by molar-refractivity contribution is 7.98. The number of fused-ring (bicyclic) bond motifs is 1. The molecule has 0 unspecified atom stereocenters. The van der Waals surface area contributed by atoms with E-state index in [0.717, 1.165) is 34.8 Å². The van der Waals surface area contributed by atoms with Crippen molar-refractivity contribution in [1.29, 1.82) is 0 Å². The molecule has 0 saturated carbocycles. The molecule has 1 aliphatic heterocycles. The van der Waals surface area contributed by atoms with Crippen molar-refractivity contribution < 1.29 is 4.79 Å². The van der Waals surface area contributed by atoms with Gasteiger partial charge in [-0.25, -0.2) is 0 Å². The molecule has 0 radical (unpaired) electrons. The van der Waals surface area contributed by atoms with E-state index in [1.807, 2.05) is 31.2 Å². The third-order valence-electron chi connectivity index (χ3n) is 3.89. The number of hydrogen-bond donors (Lipinski definition) is 1. The van der Waals surface area contributed by atoms with Gasteiger partial charge in [0, 0.05) is 30.3 Å². The van der Waals surface area contributed by atoms with Crippen molar-refractivity contribution in [3.05, 3.63) is 69.7 Å². The average Bonchev–Trinajstić information content (AvgIpc) is 3.04. The fraction of sp³-hybridized carbons (Fsp3) is 0.368. The van der Waals surface area contributed by atoms with Gasteiger partial charge in [0.2, 0.25) is 0 Å². The normalized spacial score (nSPS) is 13.6. The van der Waals surface area contributed by atoms with Gasteiger partial charge in [-0.15, -0.1) is 0 Å². The molecule has 0 aliphatic carbocycles. The van der Waals surface area contributed by atoms with Crippen LogP contribution >= 0.6 is 11.8 Å². The standard InChI is InChI=1S/C19H24N2O2S/c1-4-14(3)9-7-6-8-10-21-17-13-24-12-15(17)11-16(19(21)23)18(22)20-5-2/h6-9,11H,3-5,10,12-13H2,1-2H3,(H,20,22)/b8-6+,9-7-. The molecule has 5 heteroatoms. The van der Waals surface area contributed by atoms with Crippen LogP contribution in [-0.2, 0) is 18.1 Å². The second-order valence-corrected chi connectivity index (χ2v) is 6.58. The Morgan fingerprint density at radius 2 is 2.17 bits per heavy atom. The summed E-state index contributed by atoms with van der Waals surface area (Å²) in [7, 11) is 0. The SMILES string of the molecule is C=C(/C=C\C=C\Cn1c2c(cc(C(=O)NCC)c1=O)CSC2)CC. The van der Waals surface area contributed by atoms with Gasteiger partial charge in [-0.3, -0.25) is 9.59 Å². The predicted molar refractivity (Wildman–Crippen MR) is 101 cm³/mol. The number of rotatable bonds is 7. The molecule has 4 nitrogen and oxygen atoms in total. The Morgan fingerprint density at radius 3 is 2.88 bits per heavy atom. The van der Waals surface area contributed by atoms with Crippen molar-refractivity contribution in [2.45, 2.75) is 38.3 Å². The number of aromatic nitrogens is 1. The maximum atomic E-state index is 12.7. The molecule has 1 aromatic rings. The van der Waals surface area contributed by atoms with Crippen LogP contribution in [0.5, 0.6) is 0 Å². The summed E-state index contributed by atoms with van der Waals surface area (Å²) in [6.45, 7) is 8.80. The highest BCUT2D eigenvalue weighted by Crippen LogP contribution is 2.29. The highest BCUT2D eigenvalue weighted by Gasteiger charge is 2.21. The van der Waals surface area contributed by atoms with E-state index in [1.54, 1.807) is 22.4 Å². The van der Waals surface area contributed by atoms with Crippen molar-refractivity contribution in [3.63, 3.8) is 0 Å². The Balaban J connectivity index is 2.27. The van der Waals surface area contributed by atoms with Gasteiger partial charge in [-0.05, 0) is 25.0 Å². The third kappa shape index (κ3) is 4.29. The van der Waals surface area contributed by atoms with Gasteiger partial charge in [0.1, 0.15) is 5.56 Å².